The van der Waals surface area contributed by atoms with Crippen LogP contribution in [-0.2, 0) is 6.54 Å². The molecule has 0 aliphatic rings. The number of nitrogens with one attached hydrogen (secondary N) is 2. The quantitative estimate of drug-likeness (QED) is 0.671. The van der Waals surface area contributed by atoms with Crippen LogP contribution in [0.1, 0.15) is 22.4 Å². The largest absolute Gasteiger partial charge is 0.309 e. The summed E-state index contributed by atoms with van der Waals surface area (Å²) in [5.74, 6) is 0. The molecule has 2 N–H and O–H groups in total. The van der Waals surface area contributed by atoms with Crippen molar-refractivity contribution in [1.82, 2.24) is 15.5 Å². The maximum Gasteiger partial charge on any atom is 0.0490 e. The topological polar surface area (TPSA) is 40.7 Å². The van der Waals surface area contributed by atoms with Crippen LogP contribution < -0.4 is 5.32 Å². The van der Waals surface area contributed by atoms with E-state index in [1.54, 1.807) is 6.20 Å². The Morgan fingerprint density at radius 1 is 1.80 bits per heavy atom. The van der Waals surface area contributed by atoms with E-state index < -0.39 is 0 Å². The highest BCUT2D eigenvalue weighted by Gasteiger charge is 1.93. The smallest absolute Gasteiger partial charge is 0.0490 e. The van der Waals surface area contributed by atoms with E-state index in [0.29, 0.717) is 6.04 Å². The van der Waals surface area contributed by atoms with Crippen LogP contribution in [0.4, 0.5) is 0 Å². The Morgan fingerprint density at radius 3 is 3.10 bits per heavy atom. The third kappa shape index (κ3) is 2.19. The minimum absolute atomic E-state index is 0. The van der Waals surface area contributed by atoms with Crippen molar-refractivity contribution >= 4 is 0 Å². The molecule has 0 unspecified atom stereocenters. The highest BCUT2D eigenvalue weighted by molar-refractivity contribution is 4.96. The molecule has 1 aromatic heterocycles. The molecular formula is C7H17N3. The van der Waals surface area contributed by atoms with Crippen LogP contribution in [0.25, 0.3) is 0 Å². The second kappa shape index (κ2) is 3.37. The van der Waals surface area contributed by atoms with Crippen molar-refractivity contribution in [1.29, 1.82) is 0 Å². The number of hydrogen-bond acceptors (Lipinski definition) is 2. The first-order chi connectivity index (χ1) is 4.79. The predicted molar refractivity (Wildman–Crippen MR) is 44.8 cm³/mol. The van der Waals surface area contributed by atoms with E-state index >= 15 is 0 Å². The Bertz CT molecular complexity index is 175. The average molecular weight is 143 g/mol. The van der Waals surface area contributed by atoms with E-state index in [4.69, 9.17) is 0 Å². The normalized spacial score (nSPS) is 10.7. The maximum atomic E-state index is 3.84. The molecule has 1 heterocycles. The Kier molecular flexibility index (Phi) is 2.45. The summed E-state index contributed by atoms with van der Waals surface area (Å²) < 4.78 is 0. The molecule has 60 valence electrons. The highest BCUT2D eigenvalue weighted by atomic mass is 15.1. The van der Waals surface area contributed by atoms with Crippen molar-refractivity contribution in [2.45, 2.75) is 26.4 Å². The minimum Gasteiger partial charge on any atom is -0.309 e. The molecule has 3 nitrogen and oxygen atoms in total. The van der Waals surface area contributed by atoms with Gasteiger partial charge in [0.2, 0.25) is 0 Å². The van der Waals surface area contributed by atoms with Crippen LogP contribution in [-0.4, -0.2) is 16.2 Å². The molecule has 3 heteroatoms. The van der Waals surface area contributed by atoms with E-state index in [-0.39, 0.29) is 2.85 Å². The lowest BCUT2D eigenvalue weighted by Gasteiger charge is -2.04. The molecule has 0 aliphatic heterocycles. The fourth-order valence-electron chi connectivity index (χ4n) is 0.697. The summed E-state index contributed by atoms with van der Waals surface area (Å²) >= 11 is 0. The van der Waals surface area contributed by atoms with E-state index in [0.717, 1.165) is 12.2 Å². The predicted octanol–water partition coefficient (Wildman–Crippen LogP) is 1.40. The van der Waals surface area contributed by atoms with Gasteiger partial charge in [-0.3, -0.25) is 5.10 Å². The van der Waals surface area contributed by atoms with Crippen molar-refractivity contribution < 1.29 is 2.85 Å². The van der Waals surface area contributed by atoms with Gasteiger partial charge in [0.1, 0.15) is 0 Å². The average Bonchev–Trinajstić information content (AvgIpc) is 2.34. The zero-order valence-corrected chi connectivity index (χ0v) is 6.39. The number of nitrogens with zero attached hydrogens (tertiary/aromatic N) is 1. The van der Waals surface area contributed by atoms with Gasteiger partial charge < -0.3 is 5.32 Å². The molecule has 1 rings (SSSR count). The van der Waals surface area contributed by atoms with Crippen LogP contribution >= 0.6 is 0 Å². The molecule has 0 aliphatic carbocycles. The molecule has 0 amide bonds. The fourth-order valence-corrected chi connectivity index (χ4v) is 0.697. The zero-order valence-electron chi connectivity index (χ0n) is 6.39. The summed E-state index contributed by atoms with van der Waals surface area (Å²) in [5.41, 5.74) is 1.13. The Balaban J connectivity index is 0. The second-order valence-corrected chi connectivity index (χ2v) is 2.62. The fraction of sp³-hybridized carbons (Fsp3) is 0.571. The molecule has 0 spiro atoms. The van der Waals surface area contributed by atoms with Gasteiger partial charge in [0.05, 0.1) is 0 Å². The van der Waals surface area contributed by atoms with E-state index in [2.05, 4.69) is 29.4 Å². The van der Waals surface area contributed by atoms with Crippen molar-refractivity contribution in [2.24, 2.45) is 0 Å². The number of aromatic nitrogens is 2. The van der Waals surface area contributed by atoms with E-state index in [1.807, 2.05) is 6.07 Å². The van der Waals surface area contributed by atoms with Crippen LogP contribution in [0.3, 0.4) is 0 Å². The summed E-state index contributed by atoms with van der Waals surface area (Å²) in [4.78, 5) is 0. The summed E-state index contributed by atoms with van der Waals surface area (Å²) in [6, 6.07) is 2.50. The van der Waals surface area contributed by atoms with Gasteiger partial charge in [0.15, 0.2) is 0 Å². The van der Waals surface area contributed by atoms with Crippen LogP contribution in [0.2, 0.25) is 0 Å². The van der Waals surface area contributed by atoms with Crippen molar-refractivity contribution in [3.63, 3.8) is 0 Å². The Morgan fingerprint density at radius 2 is 2.60 bits per heavy atom. The summed E-state index contributed by atoms with van der Waals surface area (Å²) in [6.07, 6.45) is 1.76. The molecule has 1 aromatic rings. The third-order valence-electron chi connectivity index (χ3n) is 1.26. The first kappa shape index (κ1) is 7.28. The van der Waals surface area contributed by atoms with Crippen LogP contribution in [0, 0.1) is 0 Å². The molecular weight excluding hydrogens is 126 g/mol. The van der Waals surface area contributed by atoms with Gasteiger partial charge in [-0.05, 0) is 6.07 Å². The van der Waals surface area contributed by atoms with Crippen molar-refractivity contribution in [2.75, 3.05) is 0 Å². The first-order valence-electron chi connectivity index (χ1n) is 3.50. The van der Waals surface area contributed by atoms with Gasteiger partial charge in [0, 0.05) is 27.3 Å². The summed E-state index contributed by atoms with van der Waals surface area (Å²) in [5, 5.41) is 9.99. The molecule has 0 radical (unpaired) electrons. The SMILES string of the molecule is CC(C)NCc1ccn[nH]1.[HH].[HH]. The zero-order chi connectivity index (χ0) is 7.40. The minimum atomic E-state index is 0. The van der Waals surface area contributed by atoms with Gasteiger partial charge in [0.25, 0.3) is 0 Å². The molecule has 0 atom stereocenters. The molecule has 0 fully saturated rings. The number of aromatic amines is 1. The third-order valence-corrected chi connectivity index (χ3v) is 1.26. The molecule has 0 aromatic carbocycles. The van der Waals surface area contributed by atoms with Gasteiger partial charge in [-0.25, -0.2) is 0 Å². The van der Waals surface area contributed by atoms with Crippen molar-refractivity contribution in [3.8, 4) is 0 Å². The lowest BCUT2D eigenvalue weighted by atomic mass is 10.3. The van der Waals surface area contributed by atoms with Gasteiger partial charge >= 0.3 is 0 Å². The summed E-state index contributed by atoms with van der Waals surface area (Å²) in [6.45, 7) is 5.12. The lowest BCUT2D eigenvalue weighted by Crippen LogP contribution is -2.21. The Hall–Kier alpha value is -0.830. The second-order valence-electron chi connectivity index (χ2n) is 2.62. The number of hydrogen-bond donors (Lipinski definition) is 2. The monoisotopic (exact) mass is 143 g/mol. The number of rotatable bonds is 3. The molecule has 0 saturated carbocycles. The summed E-state index contributed by atoms with van der Waals surface area (Å²) in [7, 11) is 0. The maximum absolute atomic E-state index is 3.84. The Labute approximate surface area is 63.8 Å². The van der Waals surface area contributed by atoms with Crippen LogP contribution in [0.5, 0.6) is 0 Å². The van der Waals surface area contributed by atoms with Gasteiger partial charge in [-0.2, -0.15) is 5.10 Å². The lowest BCUT2D eigenvalue weighted by molar-refractivity contribution is 0.580. The molecule has 0 saturated heterocycles. The standard InChI is InChI=1S/C7H13N3.2H2/c1-6(2)8-5-7-3-4-9-10-7;;/h3-4,6,8H,5H2,1-2H3,(H,9,10);2*1H. The molecule has 0 bridgehead atoms. The van der Waals surface area contributed by atoms with E-state index in [1.165, 1.54) is 0 Å². The molecule has 10 heavy (non-hydrogen) atoms. The highest BCUT2D eigenvalue weighted by Crippen LogP contribution is 1.90. The van der Waals surface area contributed by atoms with Crippen LogP contribution in [0.15, 0.2) is 12.3 Å². The number of H-pyrrole nitrogens is 1. The van der Waals surface area contributed by atoms with Gasteiger partial charge in [-0.1, -0.05) is 13.8 Å². The van der Waals surface area contributed by atoms with Gasteiger partial charge in [-0.15, -0.1) is 0 Å². The van der Waals surface area contributed by atoms with E-state index in [9.17, 15) is 0 Å². The first-order valence-corrected chi connectivity index (χ1v) is 3.50. The van der Waals surface area contributed by atoms with Crippen molar-refractivity contribution in [3.05, 3.63) is 18.0 Å².